The number of fused-ring (bicyclic) bond motifs is 1. The molecule has 4 saturated carbocycles. The van der Waals surface area contributed by atoms with Crippen molar-refractivity contribution in [2.75, 3.05) is 11.6 Å². The number of amides is 1. The summed E-state index contributed by atoms with van der Waals surface area (Å²) in [7, 11) is 0. The molecule has 3 aromatic rings. The largest absolute Gasteiger partial charge is 0.352 e. The van der Waals surface area contributed by atoms with Crippen LogP contribution in [0.1, 0.15) is 56.8 Å². The predicted molar refractivity (Wildman–Crippen MR) is 136 cm³/mol. The molecule has 34 heavy (non-hydrogen) atoms. The molecule has 1 heterocycles. The number of nitrogens with two attached hydrogens (primary N) is 1. The SMILES string of the molecule is C[C@H](NC(=O)CSc1nnc(Cc2cccc3ccccc23)n1N)C12CC3CC(CC(C3)C1)C2. The van der Waals surface area contributed by atoms with Gasteiger partial charge in [-0.05, 0) is 85.0 Å². The first kappa shape index (κ1) is 22.0. The Bertz CT molecular complexity index is 1180. The zero-order valence-electron chi connectivity index (χ0n) is 19.7. The zero-order valence-corrected chi connectivity index (χ0v) is 20.6. The van der Waals surface area contributed by atoms with Gasteiger partial charge in [0.15, 0.2) is 5.82 Å². The van der Waals surface area contributed by atoms with Crippen molar-refractivity contribution in [3.63, 3.8) is 0 Å². The number of hydrogen-bond acceptors (Lipinski definition) is 5. The standard InChI is InChI=1S/C27H33N5OS/c1-17(27-13-18-9-19(14-27)11-20(10-18)15-27)29-25(33)16-34-26-31-30-24(32(26)28)12-22-7-4-6-21-5-2-3-8-23(21)22/h2-8,17-20H,9-16,28H2,1H3,(H,29,33)/t17-,18?,19?,20?,27?/m0/s1. The molecule has 7 rings (SSSR count). The molecule has 3 N–H and O–H groups in total. The van der Waals surface area contributed by atoms with Crippen molar-refractivity contribution in [2.45, 2.75) is 63.1 Å². The van der Waals surface area contributed by atoms with Crippen LogP contribution in [0.3, 0.4) is 0 Å². The Morgan fingerprint density at radius 2 is 1.76 bits per heavy atom. The van der Waals surface area contributed by atoms with Gasteiger partial charge in [-0.3, -0.25) is 4.79 Å². The van der Waals surface area contributed by atoms with Gasteiger partial charge in [0.25, 0.3) is 0 Å². The minimum Gasteiger partial charge on any atom is -0.352 e. The van der Waals surface area contributed by atoms with Crippen molar-refractivity contribution in [3.8, 4) is 0 Å². The highest BCUT2D eigenvalue weighted by Gasteiger charge is 2.53. The van der Waals surface area contributed by atoms with E-state index in [-0.39, 0.29) is 11.9 Å². The van der Waals surface area contributed by atoms with E-state index in [2.05, 4.69) is 52.8 Å². The van der Waals surface area contributed by atoms with Crippen LogP contribution in [0.2, 0.25) is 0 Å². The summed E-state index contributed by atoms with van der Waals surface area (Å²) in [6.45, 7) is 2.23. The minimum absolute atomic E-state index is 0.0619. The molecule has 0 aliphatic heterocycles. The lowest BCUT2D eigenvalue weighted by Gasteiger charge is -2.59. The molecule has 0 unspecified atom stereocenters. The number of nitrogens with zero attached hydrogens (tertiary/aromatic N) is 3. The fraction of sp³-hybridized carbons (Fsp3) is 0.519. The van der Waals surface area contributed by atoms with E-state index < -0.39 is 0 Å². The van der Waals surface area contributed by atoms with Crippen LogP contribution in [0.25, 0.3) is 10.8 Å². The summed E-state index contributed by atoms with van der Waals surface area (Å²) in [5.41, 5.74) is 1.48. The molecule has 4 aliphatic rings. The number of nitrogens with one attached hydrogen (secondary N) is 1. The van der Waals surface area contributed by atoms with E-state index in [0.717, 1.165) is 23.3 Å². The van der Waals surface area contributed by atoms with Gasteiger partial charge in [0.05, 0.1) is 5.75 Å². The lowest BCUT2D eigenvalue weighted by atomic mass is 9.48. The first-order valence-electron chi connectivity index (χ1n) is 12.6. The summed E-state index contributed by atoms with van der Waals surface area (Å²) in [5.74, 6) is 10.0. The number of rotatable bonds is 7. The molecule has 2 aromatic carbocycles. The van der Waals surface area contributed by atoms with Gasteiger partial charge in [0.1, 0.15) is 0 Å². The summed E-state index contributed by atoms with van der Waals surface area (Å²) in [4.78, 5) is 12.8. The van der Waals surface area contributed by atoms with Gasteiger partial charge < -0.3 is 11.2 Å². The van der Waals surface area contributed by atoms with Crippen molar-refractivity contribution in [1.29, 1.82) is 0 Å². The summed E-state index contributed by atoms with van der Waals surface area (Å²) in [5, 5.41) is 14.9. The second-order valence-corrected chi connectivity index (χ2v) is 11.9. The number of aromatic nitrogens is 3. The molecular weight excluding hydrogens is 442 g/mol. The fourth-order valence-electron chi connectivity index (χ4n) is 7.42. The van der Waals surface area contributed by atoms with Crippen molar-refractivity contribution in [3.05, 3.63) is 53.9 Å². The number of nitrogen functional groups attached to an aromatic ring is 1. The van der Waals surface area contributed by atoms with Gasteiger partial charge in [-0.25, -0.2) is 4.68 Å². The highest BCUT2D eigenvalue weighted by molar-refractivity contribution is 7.99. The Balaban J connectivity index is 1.08. The topological polar surface area (TPSA) is 85.8 Å². The molecule has 7 heteroatoms. The lowest BCUT2D eigenvalue weighted by molar-refractivity contribution is -0.123. The minimum atomic E-state index is 0.0619. The highest BCUT2D eigenvalue weighted by Crippen LogP contribution is 2.61. The second kappa shape index (κ2) is 8.59. The van der Waals surface area contributed by atoms with Crippen LogP contribution in [0.15, 0.2) is 47.6 Å². The van der Waals surface area contributed by atoms with Crippen LogP contribution in [-0.2, 0) is 11.2 Å². The normalized spacial score (nSPS) is 28.3. The average molecular weight is 476 g/mol. The Morgan fingerprint density at radius 1 is 1.09 bits per heavy atom. The van der Waals surface area contributed by atoms with Gasteiger partial charge in [-0.2, -0.15) is 0 Å². The Kier molecular flexibility index (Phi) is 5.55. The molecule has 1 amide bonds. The molecule has 4 aliphatic carbocycles. The number of benzene rings is 2. The van der Waals surface area contributed by atoms with Crippen LogP contribution in [0, 0.1) is 23.2 Å². The molecule has 0 saturated heterocycles. The number of carbonyl (C=O) groups is 1. The second-order valence-electron chi connectivity index (χ2n) is 10.9. The number of hydrogen-bond donors (Lipinski definition) is 2. The first-order chi connectivity index (χ1) is 16.5. The molecule has 0 spiro atoms. The van der Waals surface area contributed by atoms with Crippen LogP contribution in [0.5, 0.6) is 0 Å². The quantitative estimate of drug-likeness (QED) is 0.387. The molecule has 4 bridgehead atoms. The third-order valence-electron chi connectivity index (χ3n) is 8.68. The van der Waals surface area contributed by atoms with Gasteiger partial charge >= 0.3 is 0 Å². The molecule has 1 aromatic heterocycles. The van der Waals surface area contributed by atoms with Crippen LogP contribution in [-0.4, -0.2) is 32.6 Å². The third kappa shape index (κ3) is 3.98. The van der Waals surface area contributed by atoms with E-state index in [4.69, 9.17) is 5.84 Å². The maximum atomic E-state index is 12.8. The maximum absolute atomic E-state index is 12.8. The maximum Gasteiger partial charge on any atom is 0.230 e. The summed E-state index contributed by atoms with van der Waals surface area (Å²) in [6.07, 6.45) is 8.74. The van der Waals surface area contributed by atoms with Crippen molar-refractivity contribution < 1.29 is 4.79 Å². The van der Waals surface area contributed by atoms with Gasteiger partial charge in [0, 0.05) is 12.5 Å². The van der Waals surface area contributed by atoms with Gasteiger partial charge in [-0.1, -0.05) is 54.2 Å². The average Bonchev–Trinajstić information content (AvgIpc) is 3.16. The lowest BCUT2D eigenvalue weighted by Crippen LogP contribution is -2.56. The fourth-order valence-corrected chi connectivity index (χ4v) is 8.10. The van der Waals surface area contributed by atoms with Crippen LogP contribution in [0.4, 0.5) is 0 Å². The Hall–Kier alpha value is -2.54. The highest BCUT2D eigenvalue weighted by atomic mass is 32.2. The molecule has 1 atom stereocenters. The third-order valence-corrected chi connectivity index (χ3v) is 9.62. The van der Waals surface area contributed by atoms with Crippen molar-refractivity contribution in [1.82, 2.24) is 20.2 Å². The summed E-state index contributed by atoms with van der Waals surface area (Å²) < 4.78 is 1.53. The van der Waals surface area contributed by atoms with Crippen LogP contribution >= 0.6 is 11.8 Å². The Morgan fingerprint density at radius 3 is 2.50 bits per heavy atom. The first-order valence-corrected chi connectivity index (χ1v) is 13.6. The van der Waals surface area contributed by atoms with Gasteiger partial charge in [0.2, 0.25) is 11.1 Å². The van der Waals surface area contributed by atoms with Gasteiger partial charge in [-0.15, -0.1) is 10.2 Å². The molecular formula is C27H33N5OS. The van der Waals surface area contributed by atoms with Crippen molar-refractivity contribution >= 4 is 28.4 Å². The van der Waals surface area contributed by atoms with E-state index >= 15 is 0 Å². The number of carbonyl (C=O) groups excluding carboxylic acids is 1. The molecule has 4 fully saturated rings. The Labute approximate surface area is 205 Å². The van der Waals surface area contributed by atoms with E-state index in [1.165, 1.54) is 65.7 Å². The van der Waals surface area contributed by atoms with E-state index in [1.54, 1.807) is 0 Å². The summed E-state index contributed by atoms with van der Waals surface area (Å²) >= 11 is 1.36. The smallest absolute Gasteiger partial charge is 0.230 e. The van der Waals surface area contributed by atoms with E-state index in [1.807, 2.05) is 12.1 Å². The molecule has 6 nitrogen and oxygen atoms in total. The van der Waals surface area contributed by atoms with Crippen molar-refractivity contribution in [2.24, 2.45) is 23.2 Å². The monoisotopic (exact) mass is 475 g/mol. The number of thioether (sulfide) groups is 1. The van der Waals surface area contributed by atoms with E-state index in [0.29, 0.717) is 28.6 Å². The summed E-state index contributed by atoms with van der Waals surface area (Å²) in [6, 6.07) is 14.8. The molecule has 0 radical (unpaired) electrons. The van der Waals surface area contributed by atoms with Crippen LogP contribution < -0.4 is 11.2 Å². The zero-order chi connectivity index (χ0) is 23.3. The molecule has 178 valence electrons. The van der Waals surface area contributed by atoms with E-state index in [9.17, 15) is 4.79 Å². The predicted octanol–water partition coefficient (Wildman–Crippen LogP) is 4.55.